The van der Waals surface area contributed by atoms with Gasteiger partial charge in [0.1, 0.15) is 0 Å². The van der Waals surface area contributed by atoms with E-state index < -0.39 is 18.5 Å². The summed E-state index contributed by atoms with van der Waals surface area (Å²) in [5, 5.41) is 19.7. The Bertz CT molecular complexity index is 138. The monoisotopic (exact) mass is 132 g/mol. The van der Waals surface area contributed by atoms with Gasteiger partial charge in [-0.05, 0) is 0 Å². The van der Waals surface area contributed by atoms with Crippen LogP contribution in [0.4, 0.5) is 4.79 Å². The van der Waals surface area contributed by atoms with Crippen molar-refractivity contribution in [3.05, 3.63) is 0 Å². The van der Waals surface area contributed by atoms with Crippen molar-refractivity contribution < 1.29 is 15.0 Å². The Morgan fingerprint density at radius 2 is 2.22 bits per heavy atom. The van der Waals surface area contributed by atoms with Crippen molar-refractivity contribution in [3.8, 4) is 0 Å². The van der Waals surface area contributed by atoms with Gasteiger partial charge in [0, 0.05) is 7.05 Å². The SMILES string of the molecule is CN1C(=O)NC(O)C1O. The second-order valence-electron chi connectivity index (χ2n) is 1.92. The third-order valence-corrected chi connectivity index (χ3v) is 1.27. The Hall–Kier alpha value is -0.810. The van der Waals surface area contributed by atoms with E-state index in [1.54, 1.807) is 0 Å². The number of hydrogen-bond donors (Lipinski definition) is 3. The molecule has 2 atom stereocenters. The van der Waals surface area contributed by atoms with E-state index in [-0.39, 0.29) is 0 Å². The van der Waals surface area contributed by atoms with Gasteiger partial charge in [0.15, 0.2) is 12.5 Å². The third-order valence-electron chi connectivity index (χ3n) is 1.27. The highest BCUT2D eigenvalue weighted by molar-refractivity contribution is 5.76. The highest BCUT2D eigenvalue weighted by Gasteiger charge is 2.33. The van der Waals surface area contributed by atoms with Gasteiger partial charge in [-0.3, -0.25) is 4.90 Å². The van der Waals surface area contributed by atoms with E-state index in [0.717, 1.165) is 4.90 Å². The molecule has 0 aromatic rings. The molecule has 5 heteroatoms. The van der Waals surface area contributed by atoms with Crippen molar-refractivity contribution in [3.63, 3.8) is 0 Å². The molecule has 52 valence electrons. The highest BCUT2D eigenvalue weighted by Crippen LogP contribution is 2.04. The summed E-state index contributed by atoms with van der Waals surface area (Å²) >= 11 is 0. The van der Waals surface area contributed by atoms with E-state index in [1.807, 2.05) is 0 Å². The molecule has 3 N–H and O–H groups in total. The fourth-order valence-electron chi connectivity index (χ4n) is 0.635. The number of urea groups is 1. The summed E-state index contributed by atoms with van der Waals surface area (Å²) in [5.41, 5.74) is 0. The summed E-state index contributed by atoms with van der Waals surface area (Å²) in [4.78, 5) is 11.5. The minimum atomic E-state index is -1.15. The number of amides is 2. The van der Waals surface area contributed by atoms with Gasteiger partial charge in [0.25, 0.3) is 0 Å². The average molecular weight is 132 g/mol. The van der Waals surface area contributed by atoms with Gasteiger partial charge in [-0.1, -0.05) is 0 Å². The Kier molecular flexibility index (Phi) is 1.30. The van der Waals surface area contributed by atoms with E-state index in [4.69, 9.17) is 10.2 Å². The maximum Gasteiger partial charge on any atom is 0.321 e. The summed E-state index contributed by atoms with van der Waals surface area (Å²) in [7, 11) is 1.40. The van der Waals surface area contributed by atoms with Crippen LogP contribution in [0.25, 0.3) is 0 Å². The lowest BCUT2D eigenvalue weighted by Gasteiger charge is -2.11. The predicted molar refractivity (Wildman–Crippen MR) is 28.3 cm³/mol. The zero-order valence-corrected chi connectivity index (χ0v) is 4.90. The van der Waals surface area contributed by atoms with Gasteiger partial charge in [0.2, 0.25) is 0 Å². The van der Waals surface area contributed by atoms with Crippen molar-refractivity contribution in [1.82, 2.24) is 10.2 Å². The largest absolute Gasteiger partial charge is 0.369 e. The van der Waals surface area contributed by atoms with E-state index in [9.17, 15) is 4.79 Å². The van der Waals surface area contributed by atoms with Crippen molar-refractivity contribution >= 4 is 6.03 Å². The molecule has 1 aliphatic rings. The van der Waals surface area contributed by atoms with E-state index >= 15 is 0 Å². The molecule has 0 aromatic carbocycles. The van der Waals surface area contributed by atoms with Crippen LogP contribution in [0.15, 0.2) is 0 Å². The number of rotatable bonds is 0. The molecule has 1 rings (SSSR count). The van der Waals surface area contributed by atoms with Crippen molar-refractivity contribution in [2.45, 2.75) is 12.5 Å². The number of nitrogens with zero attached hydrogens (tertiary/aromatic N) is 1. The summed E-state index contributed by atoms with van der Waals surface area (Å²) in [6, 6.07) is -0.463. The fraction of sp³-hybridized carbons (Fsp3) is 0.750. The molecule has 2 unspecified atom stereocenters. The fourth-order valence-corrected chi connectivity index (χ4v) is 0.635. The second kappa shape index (κ2) is 1.85. The maximum absolute atomic E-state index is 10.5. The lowest BCUT2D eigenvalue weighted by Crippen LogP contribution is -2.33. The number of nitrogens with one attached hydrogen (secondary N) is 1. The molecular weight excluding hydrogens is 124 g/mol. The van der Waals surface area contributed by atoms with Crippen LogP contribution in [0.2, 0.25) is 0 Å². The average Bonchev–Trinajstić information content (AvgIpc) is 1.98. The molecule has 9 heavy (non-hydrogen) atoms. The molecule has 1 fully saturated rings. The van der Waals surface area contributed by atoms with Gasteiger partial charge in [-0.15, -0.1) is 0 Å². The minimum absolute atomic E-state index is 0.463. The minimum Gasteiger partial charge on any atom is -0.369 e. The second-order valence-corrected chi connectivity index (χ2v) is 1.92. The van der Waals surface area contributed by atoms with Gasteiger partial charge >= 0.3 is 6.03 Å². The number of hydrogen-bond acceptors (Lipinski definition) is 3. The summed E-state index contributed by atoms with van der Waals surface area (Å²) in [6.45, 7) is 0. The van der Waals surface area contributed by atoms with Crippen molar-refractivity contribution in [2.24, 2.45) is 0 Å². The van der Waals surface area contributed by atoms with Gasteiger partial charge in [-0.2, -0.15) is 0 Å². The molecule has 0 radical (unpaired) electrons. The molecule has 1 saturated heterocycles. The molecule has 5 nitrogen and oxygen atoms in total. The van der Waals surface area contributed by atoms with Crippen LogP contribution in [-0.2, 0) is 0 Å². The summed E-state index contributed by atoms with van der Waals surface area (Å²) in [5.74, 6) is 0. The van der Waals surface area contributed by atoms with Gasteiger partial charge in [0.05, 0.1) is 0 Å². The normalized spacial score (nSPS) is 35.0. The van der Waals surface area contributed by atoms with Crippen LogP contribution < -0.4 is 5.32 Å². The molecule has 0 aromatic heterocycles. The number of carbonyl (C=O) groups is 1. The molecule has 0 aliphatic carbocycles. The van der Waals surface area contributed by atoms with Gasteiger partial charge in [-0.25, -0.2) is 4.79 Å². The molecule has 1 aliphatic heterocycles. The summed E-state index contributed by atoms with van der Waals surface area (Å²) < 4.78 is 0. The van der Waals surface area contributed by atoms with E-state index in [0.29, 0.717) is 0 Å². The first-order valence-electron chi connectivity index (χ1n) is 2.52. The van der Waals surface area contributed by atoms with E-state index in [2.05, 4.69) is 5.32 Å². The zero-order valence-electron chi connectivity index (χ0n) is 4.90. The predicted octanol–water partition coefficient (Wildman–Crippen LogP) is -1.72. The van der Waals surface area contributed by atoms with Crippen molar-refractivity contribution in [2.75, 3.05) is 7.05 Å². The quantitative estimate of drug-likeness (QED) is 0.367. The lowest BCUT2D eigenvalue weighted by molar-refractivity contribution is -0.0252. The first-order chi connectivity index (χ1) is 4.13. The third kappa shape index (κ3) is 0.839. The number of carbonyl (C=O) groups excluding carboxylic acids is 1. The highest BCUT2D eigenvalue weighted by atomic mass is 16.4. The number of likely N-dealkylation sites (N-methyl/N-ethyl adjacent to an activating group) is 1. The Balaban J connectivity index is 2.65. The number of aliphatic hydroxyl groups excluding tert-OH is 2. The smallest absolute Gasteiger partial charge is 0.321 e. The Labute approximate surface area is 51.9 Å². The summed E-state index contributed by atoms with van der Waals surface area (Å²) in [6.07, 6.45) is -2.26. The Morgan fingerprint density at radius 3 is 2.33 bits per heavy atom. The molecule has 1 heterocycles. The standard InChI is InChI=1S/C4H8N2O3/c1-6-3(8)2(7)5-4(6)9/h2-3,7-8H,1H3,(H,5,9). The first kappa shape index (κ1) is 6.31. The topological polar surface area (TPSA) is 72.8 Å². The maximum atomic E-state index is 10.5. The number of aliphatic hydroxyl groups is 2. The van der Waals surface area contributed by atoms with E-state index in [1.165, 1.54) is 7.05 Å². The first-order valence-corrected chi connectivity index (χ1v) is 2.52. The molecule has 0 spiro atoms. The molecule has 0 saturated carbocycles. The Morgan fingerprint density at radius 1 is 1.67 bits per heavy atom. The van der Waals surface area contributed by atoms with Crippen LogP contribution in [0.5, 0.6) is 0 Å². The van der Waals surface area contributed by atoms with Crippen LogP contribution in [0.1, 0.15) is 0 Å². The van der Waals surface area contributed by atoms with Crippen LogP contribution in [0, 0.1) is 0 Å². The molecular formula is C4H8N2O3. The van der Waals surface area contributed by atoms with Crippen LogP contribution >= 0.6 is 0 Å². The van der Waals surface area contributed by atoms with Gasteiger partial charge < -0.3 is 15.5 Å². The molecule has 0 bridgehead atoms. The molecule has 2 amide bonds. The zero-order chi connectivity index (χ0) is 7.02. The lowest BCUT2D eigenvalue weighted by atomic mass is 10.5. The van der Waals surface area contributed by atoms with Crippen molar-refractivity contribution in [1.29, 1.82) is 0 Å². The van der Waals surface area contributed by atoms with Crippen LogP contribution in [-0.4, -0.2) is 40.6 Å². The van der Waals surface area contributed by atoms with Crippen LogP contribution in [0.3, 0.4) is 0 Å².